The van der Waals surface area contributed by atoms with Crippen LogP contribution in [0.4, 0.5) is 10.5 Å². The van der Waals surface area contributed by atoms with Gasteiger partial charge in [0.05, 0.1) is 18.9 Å². The number of anilines is 1. The van der Waals surface area contributed by atoms with E-state index in [9.17, 15) is 24.6 Å². The van der Waals surface area contributed by atoms with Gasteiger partial charge in [0, 0.05) is 52.1 Å². The van der Waals surface area contributed by atoms with Crippen LogP contribution in [0.15, 0.2) is 54.1 Å². The first-order valence-corrected chi connectivity index (χ1v) is 19.7. The summed E-state index contributed by atoms with van der Waals surface area (Å²) in [5.41, 5.74) is 1.99. The number of likely N-dealkylation sites (N-methyl/N-ethyl adjacent to an activating group) is 1. The predicted octanol–water partition coefficient (Wildman–Crippen LogP) is 4.27. The molecule has 0 aromatic heterocycles. The highest BCUT2D eigenvalue weighted by molar-refractivity contribution is 6.34. The standard InChI is InChI=1S/C42H55ClN4O10/c1-23-10-9-11-33(54-8)42(52)21-32(55-40(51)45-42)24(2)37-41(4,57-37)34(20-35(48)47(6)30-17-26(16-23)18-31(53-7)36(30)43)56-39(50)25(3)46(5)38(49)28-12-13-29-22-44-15-14-27(29)19-28/h9-13,17-19,24-25,32-35,37,44,48,52H,14-16,20-22H2,1-8H3,(H,45,51)/b11-9+,23-10+/t24-,25+,32+,33-,34?,35?,37?,41+,42+/m1/s1. The van der Waals surface area contributed by atoms with Crippen molar-refractivity contribution in [2.45, 2.75) is 108 Å². The minimum atomic E-state index is -1.82. The Balaban J connectivity index is 1.33. The highest BCUT2D eigenvalue weighted by atomic mass is 35.5. The number of esters is 1. The Labute approximate surface area is 339 Å². The summed E-state index contributed by atoms with van der Waals surface area (Å²) in [7, 11) is 6.19. The average molecular weight is 811 g/mol. The number of nitrogens with one attached hydrogen (secondary N) is 2. The Kier molecular flexibility index (Phi) is 12.6. The number of nitrogens with zero attached hydrogens (tertiary/aromatic N) is 2. The Morgan fingerprint density at radius 1 is 1.18 bits per heavy atom. The minimum Gasteiger partial charge on any atom is -0.495 e. The van der Waals surface area contributed by atoms with E-state index >= 15 is 0 Å². The summed E-state index contributed by atoms with van der Waals surface area (Å²) in [6, 6.07) is 8.25. The molecular formula is C42H55ClN4O10. The number of carbonyl (C=O) groups is 3. The van der Waals surface area contributed by atoms with E-state index in [0.717, 1.165) is 41.8 Å². The number of rotatable bonds is 6. The van der Waals surface area contributed by atoms with Crippen LogP contribution in [0.3, 0.4) is 0 Å². The second kappa shape index (κ2) is 17.0. The summed E-state index contributed by atoms with van der Waals surface area (Å²) in [6.07, 6.45) is 0.910. The summed E-state index contributed by atoms with van der Waals surface area (Å²) in [5, 5.41) is 29.8. The maximum absolute atomic E-state index is 14.0. The number of hydrogen-bond donors (Lipinski definition) is 4. The normalized spacial score (nSPS) is 32.2. The molecule has 0 spiro atoms. The van der Waals surface area contributed by atoms with Crippen LogP contribution in [0.1, 0.15) is 67.6 Å². The SMILES string of the molecule is COc1cc2cc(c1Cl)N(C)C(O)CC(OC(=O)[C@H](C)N(C)C(=O)c1ccc3c(c1)CCNC3)[C@]1(C)OC1[C@H](C)[C@@H]1C[C@@](O)(NC(=O)O1)[C@H](OC)/C=C/C=C(\C)C2. The number of carbonyl (C=O) groups excluding carboxylic acids is 3. The summed E-state index contributed by atoms with van der Waals surface area (Å²) < 4.78 is 29.6. The molecule has 2 amide bonds. The molecule has 4 N–H and O–H groups in total. The number of epoxide rings is 1. The smallest absolute Gasteiger partial charge is 0.409 e. The van der Waals surface area contributed by atoms with Crippen molar-refractivity contribution in [2.24, 2.45) is 5.92 Å². The van der Waals surface area contributed by atoms with E-state index in [1.807, 2.05) is 44.2 Å². The van der Waals surface area contributed by atoms with Crippen LogP contribution in [0.25, 0.3) is 0 Å². The van der Waals surface area contributed by atoms with E-state index in [1.165, 1.54) is 19.1 Å². The van der Waals surface area contributed by atoms with Gasteiger partial charge in [0.2, 0.25) is 0 Å². The quantitative estimate of drug-likeness (QED) is 0.242. The number of aliphatic hydroxyl groups is 2. The lowest BCUT2D eigenvalue weighted by Crippen LogP contribution is -2.63. The molecule has 0 saturated carbocycles. The third kappa shape index (κ3) is 8.81. The van der Waals surface area contributed by atoms with Crippen molar-refractivity contribution in [1.29, 1.82) is 0 Å². The molecule has 3 unspecified atom stereocenters. The number of methoxy groups -OCH3 is 2. The number of benzene rings is 2. The topological polar surface area (TPSA) is 172 Å². The highest BCUT2D eigenvalue weighted by Crippen LogP contribution is 2.49. The number of alkyl carbamates (subject to hydrolysis) is 1. The molecular weight excluding hydrogens is 756 g/mol. The van der Waals surface area contributed by atoms with E-state index in [1.54, 1.807) is 51.1 Å². The zero-order valence-electron chi connectivity index (χ0n) is 33.8. The number of aliphatic hydroxyl groups excluding tert-OH is 1. The molecule has 9 atom stereocenters. The van der Waals surface area contributed by atoms with Crippen molar-refractivity contribution >= 4 is 35.3 Å². The van der Waals surface area contributed by atoms with E-state index in [2.05, 4.69) is 10.6 Å². The van der Waals surface area contributed by atoms with Crippen molar-refractivity contribution in [1.82, 2.24) is 15.5 Å². The van der Waals surface area contributed by atoms with Gasteiger partial charge in [0.15, 0.2) is 5.72 Å². The molecule has 15 heteroatoms. The summed E-state index contributed by atoms with van der Waals surface area (Å²) in [5.74, 6) is -1.13. The second-order valence-corrected chi connectivity index (χ2v) is 16.3. The first-order chi connectivity index (χ1) is 27.0. The van der Waals surface area contributed by atoms with Crippen molar-refractivity contribution < 1.29 is 48.3 Å². The molecule has 2 fully saturated rings. The number of ether oxygens (including phenoxy) is 5. The number of fused-ring (bicyclic) bond motifs is 6. The third-order valence-corrected chi connectivity index (χ3v) is 12.3. The largest absolute Gasteiger partial charge is 0.495 e. The van der Waals surface area contributed by atoms with Crippen molar-refractivity contribution in [3.63, 3.8) is 0 Å². The zero-order chi connectivity index (χ0) is 41.4. The predicted molar refractivity (Wildman–Crippen MR) is 213 cm³/mol. The van der Waals surface area contributed by atoms with Crippen LogP contribution in [-0.2, 0) is 43.1 Å². The maximum atomic E-state index is 14.0. The van der Waals surface area contributed by atoms with Gasteiger partial charge in [0.25, 0.3) is 5.91 Å². The van der Waals surface area contributed by atoms with Crippen molar-refractivity contribution in [3.05, 3.63) is 81.4 Å². The van der Waals surface area contributed by atoms with Crippen molar-refractivity contribution in [3.8, 4) is 5.75 Å². The summed E-state index contributed by atoms with van der Waals surface area (Å²) in [4.78, 5) is 43.6. The lowest BCUT2D eigenvalue weighted by Gasteiger charge is -2.42. The van der Waals surface area contributed by atoms with Gasteiger partial charge in [-0.15, -0.1) is 0 Å². The lowest BCUT2D eigenvalue weighted by molar-refractivity contribution is -0.158. The number of halogens is 1. The Morgan fingerprint density at radius 2 is 1.93 bits per heavy atom. The molecule has 6 rings (SSSR count). The molecule has 0 aliphatic carbocycles. The van der Waals surface area contributed by atoms with Gasteiger partial charge in [-0.2, -0.15) is 0 Å². The van der Waals surface area contributed by atoms with Gasteiger partial charge in [-0.25, -0.2) is 9.59 Å². The molecule has 4 bridgehead atoms. The molecule has 2 aromatic carbocycles. The summed E-state index contributed by atoms with van der Waals surface area (Å²) in [6.45, 7) is 8.69. The Morgan fingerprint density at radius 3 is 2.65 bits per heavy atom. The average Bonchev–Trinajstić information content (AvgIpc) is 3.89. The Hall–Kier alpha value is -4.18. The van der Waals surface area contributed by atoms with Crippen LogP contribution in [-0.4, -0.2) is 116 Å². The van der Waals surface area contributed by atoms with E-state index in [0.29, 0.717) is 23.4 Å². The minimum absolute atomic E-state index is 0.0372. The molecule has 2 saturated heterocycles. The van der Waals surface area contributed by atoms with Crippen LogP contribution in [0.2, 0.25) is 5.02 Å². The van der Waals surface area contributed by atoms with Gasteiger partial charge in [-0.1, -0.05) is 48.4 Å². The molecule has 2 aromatic rings. The van der Waals surface area contributed by atoms with Gasteiger partial charge >= 0.3 is 12.1 Å². The molecule has 310 valence electrons. The van der Waals surface area contributed by atoms with Crippen LogP contribution in [0, 0.1) is 5.92 Å². The van der Waals surface area contributed by atoms with E-state index < -0.39 is 66.0 Å². The lowest BCUT2D eigenvalue weighted by atomic mass is 9.83. The fourth-order valence-corrected chi connectivity index (χ4v) is 8.44. The first-order valence-electron chi connectivity index (χ1n) is 19.3. The fourth-order valence-electron chi connectivity index (χ4n) is 8.12. The number of amides is 2. The van der Waals surface area contributed by atoms with Crippen LogP contribution in [0.5, 0.6) is 5.75 Å². The fraction of sp³-hybridized carbons (Fsp3) is 0.548. The van der Waals surface area contributed by atoms with Gasteiger partial charge in [-0.05, 0) is 81.1 Å². The monoisotopic (exact) mass is 810 g/mol. The van der Waals surface area contributed by atoms with E-state index in [-0.39, 0.29) is 23.8 Å². The molecule has 57 heavy (non-hydrogen) atoms. The maximum Gasteiger partial charge on any atom is 0.409 e. The van der Waals surface area contributed by atoms with Gasteiger partial charge in [0.1, 0.15) is 47.0 Å². The third-order valence-electron chi connectivity index (χ3n) is 11.9. The summed E-state index contributed by atoms with van der Waals surface area (Å²) >= 11 is 6.84. The van der Waals surface area contributed by atoms with Gasteiger partial charge < -0.3 is 49.0 Å². The Bertz CT molecular complexity index is 1920. The molecule has 4 heterocycles. The second-order valence-electron chi connectivity index (χ2n) is 15.9. The molecule has 14 nitrogen and oxygen atoms in total. The molecule has 4 aliphatic rings. The van der Waals surface area contributed by atoms with Crippen LogP contribution < -0.4 is 20.3 Å². The molecule has 4 aliphatic heterocycles. The van der Waals surface area contributed by atoms with Crippen molar-refractivity contribution in [2.75, 3.05) is 39.8 Å². The zero-order valence-corrected chi connectivity index (χ0v) is 34.6. The van der Waals surface area contributed by atoms with Crippen LogP contribution >= 0.6 is 11.6 Å². The highest BCUT2D eigenvalue weighted by Gasteiger charge is 2.64. The van der Waals surface area contributed by atoms with Gasteiger partial charge in [-0.3, -0.25) is 10.1 Å². The van der Waals surface area contributed by atoms with E-state index in [4.69, 9.17) is 35.3 Å². The number of allylic oxidation sites excluding steroid dienone is 3. The number of hydrogen-bond acceptors (Lipinski definition) is 12. The first kappa shape index (κ1) is 42.4. The molecule has 0 radical (unpaired) electrons.